The zero-order valence-corrected chi connectivity index (χ0v) is 47.4. The number of hydrogen-bond acceptors (Lipinski definition) is 14. The molecular weight excluding hydrogens is 1060 g/mol. The molecular formula is C59H69O16P3. The maximum Gasteiger partial charge on any atom is 0.647 e. The van der Waals surface area contributed by atoms with Gasteiger partial charge in [0.15, 0.2) is 0 Å². The molecule has 0 aliphatic carbocycles. The van der Waals surface area contributed by atoms with Crippen LogP contribution in [-0.2, 0) is 27.3 Å². The van der Waals surface area contributed by atoms with Crippen LogP contribution in [0.4, 0.5) is 0 Å². The highest BCUT2D eigenvalue weighted by Gasteiger charge is 2.34. The zero-order valence-electron chi connectivity index (χ0n) is 44.7. The van der Waals surface area contributed by atoms with E-state index in [1.54, 1.807) is 109 Å². The van der Waals surface area contributed by atoms with Crippen LogP contribution >= 0.6 is 23.5 Å². The highest BCUT2D eigenvalue weighted by molar-refractivity contribution is 7.50. The first-order valence-electron chi connectivity index (χ1n) is 25.3. The number of hydrogen-bond donors (Lipinski definition) is 2. The van der Waals surface area contributed by atoms with E-state index in [1.807, 2.05) is 75.4 Å². The van der Waals surface area contributed by atoms with Crippen molar-refractivity contribution in [3.63, 3.8) is 0 Å². The number of rotatable bonds is 26. The van der Waals surface area contributed by atoms with Crippen LogP contribution in [0.5, 0.6) is 34.5 Å². The van der Waals surface area contributed by atoms with Crippen molar-refractivity contribution >= 4 is 35.4 Å². The molecule has 19 heteroatoms. The summed E-state index contributed by atoms with van der Waals surface area (Å²) in [5, 5.41) is 17.1. The van der Waals surface area contributed by atoms with Crippen molar-refractivity contribution in [2.45, 2.75) is 80.1 Å². The molecule has 0 saturated heterocycles. The zero-order chi connectivity index (χ0) is 56.7. The molecule has 0 bridgehead atoms. The Bertz CT molecular complexity index is 2670. The molecule has 0 saturated carbocycles. The molecule has 7 rings (SSSR count). The molecule has 7 aromatic rings. The van der Waals surface area contributed by atoms with E-state index in [0.717, 1.165) is 55.2 Å². The molecule has 7 aromatic carbocycles. The number of para-hydroxylation sites is 3. The van der Waals surface area contributed by atoms with Gasteiger partial charge in [0, 0.05) is 0 Å². The van der Waals surface area contributed by atoms with E-state index in [9.17, 15) is 23.3 Å². The number of benzene rings is 7. The van der Waals surface area contributed by atoms with Gasteiger partial charge in [0.05, 0.1) is 30.9 Å². The predicted octanol–water partition coefficient (Wildman–Crippen LogP) is 17.2. The quantitative estimate of drug-likeness (QED) is 0.0382. The minimum absolute atomic E-state index is 0.190. The number of phosphoric ester groups is 3. The molecule has 0 heterocycles. The largest absolute Gasteiger partial charge is 0.647 e. The molecule has 0 fully saturated rings. The summed E-state index contributed by atoms with van der Waals surface area (Å²) < 4.78 is 87.8. The second-order valence-corrected chi connectivity index (χ2v) is 21.5. The van der Waals surface area contributed by atoms with E-state index < -0.39 is 35.4 Å². The Hall–Kier alpha value is -7.15. The third-order valence-corrected chi connectivity index (χ3v) is 14.3. The lowest BCUT2D eigenvalue weighted by Crippen LogP contribution is -2.07. The van der Waals surface area contributed by atoms with Gasteiger partial charge in [0.2, 0.25) is 0 Å². The van der Waals surface area contributed by atoms with Crippen LogP contribution in [0.1, 0.15) is 96.7 Å². The standard InChI is InChI=1S/C21H21O4P.C18H15O4P.C12H27O4P.C8H6O4/c1-16-4-10-19(11-5-16)23-26(22,24-20-12-6-17(2)7-13-20)25-21-14-8-18(3)9-15-21;19-23(20-16-10-4-1-5-11-16,21-17-12-6-2-7-13-17)22-18-14-8-3-9-15-18;1-4-7-10-14-17(13,15-11-8-5-2)16-12-9-6-3;9-7(10)5-3-1-2-4-6(5)8(11)12/h4-15H,1-3H3;1-15H;4-12H2,1-3H3;1-4H,(H,9,10)(H,11,12). The Labute approximate surface area is 458 Å². The van der Waals surface area contributed by atoms with Crippen LogP contribution in [0, 0.1) is 20.8 Å². The highest BCUT2D eigenvalue weighted by atomic mass is 31.2. The first-order chi connectivity index (χ1) is 37.5. The SMILES string of the molecule is CCCCOP(=O)(OCCCC)OCCCC.Cc1ccc(OP(=O)(Oc2ccc(C)cc2)Oc2ccc(C)cc2)cc1.O=C(O)c1ccccc1C(=O)O.O=P(Oc1ccccc1)(Oc1ccccc1)Oc1ccccc1. The van der Waals surface area contributed by atoms with Crippen LogP contribution in [0.25, 0.3) is 0 Å². The third-order valence-electron chi connectivity index (χ3n) is 10.2. The summed E-state index contributed by atoms with van der Waals surface area (Å²) in [6.07, 6.45) is 5.63. The molecule has 0 unspecified atom stereocenters. The fourth-order valence-corrected chi connectivity index (χ4v) is 9.84. The van der Waals surface area contributed by atoms with Gasteiger partial charge in [-0.2, -0.15) is 9.13 Å². The lowest BCUT2D eigenvalue weighted by molar-refractivity contribution is 0.0651. The Morgan fingerprint density at radius 3 is 0.769 bits per heavy atom. The molecule has 0 aromatic heterocycles. The molecule has 0 atom stereocenters. The fraction of sp³-hybridized carbons (Fsp3) is 0.254. The molecule has 0 spiro atoms. The number of aryl methyl sites for hydroxylation is 3. The Kier molecular flexibility index (Phi) is 27.5. The van der Waals surface area contributed by atoms with Gasteiger partial charge in [-0.15, -0.1) is 0 Å². The van der Waals surface area contributed by atoms with Gasteiger partial charge in [0.1, 0.15) is 34.5 Å². The van der Waals surface area contributed by atoms with Crippen LogP contribution in [0.15, 0.2) is 188 Å². The van der Waals surface area contributed by atoms with E-state index in [1.165, 1.54) is 24.3 Å². The average Bonchev–Trinajstić information content (AvgIpc) is 3.43. The number of carboxylic acids is 2. The lowest BCUT2D eigenvalue weighted by Gasteiger charge is -2.19. The van der Waals surface area contributed by atoms with Gasteiger partial charge in [0.25, 0.3) is 0 Å². The highest BCUT2D eigenvalue weighted by Crippen LogP contribution is 2.52. The van der Waals surface area contributed by atoms with E-state index in [2.05, 4.69) is 20.8 Å². The maximum absolute atomic E-state index is 13.3. The number of carbonyl (C=O) groups is 2. The Morgan fingerprint density at radius 1 is 0.333 bits per heavy atom. The van der Waals surface area contributed by atoms with E-state index in [0.29, 0.717) is 54.3 Å². The van der Waals surface area contributed by atoms with Gasteiger partial charge < -0.3 is 37.4 Å². The minimum atomic E-state index is -3.93. The summed E-state index contributed by atoms with van der Waals surface area (Å²) in [6, 6.07) is 53.5. The van der Waals surface area contributed by atoms with Crippen LogP contribution in [0.3, 0.4) is 0 Å². The first-order valence-corrected chi connectivity index (χ1v) is 29.7. The fourth-order valence-electron chi connectivity index (χ4n) is 6.06. The normalized spacial score (nSPS) is 10.9. The van der Waals surface area contributed by atoms with Crippen molar-refractivity contribution < 1.29 is 74.2 Å². The lowest BCUT2D eigenvalue weighted by atomic mass is 10.1. The molecule has 0 amide bonds. The number of aromatic carboxylic acids is 2. The third kappa shape index (κ3) is 24.5. The van der Waals surface area contributed by atoms with Gasteiger partial charge in [-0.1, -0.05) is 160 Å². The second kappa shape index (κ2) is 33.9. The van der Waals surface area contributed by atoms with Crippen LogP contribution in [0.2, 0.25) is 0 Å². The van der Waals surface area contributed by atoms with Crippen LogP contribution in [-0.4, -0.2) is 42.0 Å². The topological polar surface area (TPSA) is 209 Å². The second-order valence-electron chi connectivity index (χ2n) is 17.0. The van der Waals surface area contributed by atoms with Crippen molar-refractivity contribution in [2.24, 2.45) is 0 Å². The number of unbranched alkanes of at least 4 members (excludes halogenated alkanes) is 3. The molecule has 0 aliphatic heterocycles. The predicted molar refractivity (Wildman–Crippen MR) is 302 cm³/mol. The molecule has 2 N–H and O–H groups in total. The van der Waals surface area contributed by atoms with Crippen molar-refractivity contribution in [3.05, 3.63) is 216 Å². The monoisotopic (exact) mass is 1130 g/mol. The van der Waals surface area contributed by atoms with Gasteiger partial charge in [-0.3, -0.25) is 13.6 Å². The molecule has 78 heavy (non-hydrogen) atoms. The first kappa shape index (κ1) is 63.4. The van der Waals surface area contributed by atoms with Crippen molar-refractivity contribution in [2.75, 3.05) is 19.8 Å². The molecule has 416 valence electrons. The number of phosphoric acid groups is 3. The van der Waals surface area contributed by atoms with Gasteiger partial charge in [-0.05, 0) is 125 Å². The summed E-state index contributed by atoms with van der Waals surface area (Å²) in [5.74, 6) is 0.00329. The molecule has 16 nitrogen and oxygen atoms in total. The van der Waals surface area contributed by atoms with Crippen molar-refractivity contribution in [1.29, 1.82) is 0 Å². The summed E-state index contributed by atoms with van der Waals surface area (Å²) in [6.45, 7) is 13.4. The summed E-state index contributed by atoms with van der Waals surface area (Å²) in [4.78, 5) is 20.9. The van der Waals surface area contributed by atoms with Crippen molar-refractivity contribution in [3.8, 4) is 34.5 Å². The maximum atomic E-state index is 13.3. The Balaban J connectivity index is 0.000000233. The van der Waals surface area contributed by atoms with Crippen molar-refractivity contribution in [1.82, 2.24) is 0 Å². The summed E-state index contributed by atoms with van der Waals surface area (Å²) >= 11 is 0. The van der Waals surface area contributed by atoms with E-state index in [-0.39, 0.29) is 11.1 Å². The molecule has 0 radical (unpaired) electrons. The Morgan fingerprint density at radius 2 is 0.551 bits per heavy atom. The van der Waals surface area contributed by atoms with E-state index >= 15 is 0 Å². The number of carboxylic acid groups (broad SMARTS) is 2. The minimum Gasteiger partial charge on any atom is -0.478 e. The average molecular weight is 1130 g/mol. The van der Waals surface area contributed by atoms with E-state index in [4.69, 9.17) is 50.9 Å². The summed E-state index contributed by atoms with van der Waals surface area (Å²) in [5.41, 5.74) is 2.85. The van der Waals surface area contributed by atoms with Gasteiger partial charge >= 0.3 is 35.4 Å². The molecule has 0 aliphatic rings. The van der Waals surface area contributed by atoms with Crippen LogP contribution < -0.4 is 27.1 Å². The smallest absolute Gasteiger partial charge is 0.478 e. The summed E-state index contributed by atoms with van der Waals surface area (Å²) in [7, 11) is -11.1. The van der Waals surface area contributed by atoms with Gasteiger partial charge in [-0.25, -0.2) is 14.2 Å².